The van der Waals surface area contributed by atoms with Crippen molar-refractivity contribution in [1.82, 2.24) is 20.0 Å². The van der Waals surface area contributed by atoms with Crippen LogP contribution in [0, 0.1) is 0 Å². The minimum atomic E-state index is -1.29. The van der Waals surface area contributed by atoms with Crippen molar-refractivity contribution in [2.24, 2.45) is 9.98 Å². The molecule has 0 heterocycles. The number of carbonyl (C=O) groups excluding carboxylic acids is 3. The molecule has 0 bridgehead atoms. The summed E-state index contributed by atoms with van der Waals surface area (Å²) in [4.78, 5) is 69.9. The molecule has 17 nitrogen and oxygen atoms in total. The zero-order chi connectivity index (χ0) is 40.9. The molecule has 0 spiro atoms. The van der Waals surface area contributed by atoms with Gasteiger partial charge < -0.3 is 70.2 Å². The first-order chi connectivity index (χ1) is 26.8. The maximum absolute atomic E-state index is 13.1. The van der Waals surface area contributed by atoms with Crippen LogP contribution in [0.3, 0.4) is 0 Å². The first kappa shape index (κ1) is 63.0. The van der Waals surface area contributed by atoms with Gasteiger partial charge in [0, 0.05) is 82.9 Å². The second-order valence-electron chi connectivity index (χ2n) is 13.1. The van der Waals surface area contributed by atoms with Gasteiger partial charge in [0.1, 0.15) is 0 Å². The molecule has 0 unspecified atom stereocenters. The Kier molecular flexibility index (Phi) is 37.9. The number of aliphatic imine (C=N–C) groups is 2. The van der Waals surface area contributed by atoms with Crippen LogP contribution in [0.4, 0.5) is 0 Å². The van der Waals surface area contributed by atoms with Crippen LogP contribution in [0.1, 0.15) is 48.9 Å². The molecule has 21 heteroatoms. The first-order valence-electron chi connectivity index (χ1n) is 18.4. The Labute approximate surface area is 520 Å². The monoisotopic (exact) mass is 932 g/mol. The quantitative estimate of drug-likeness (QED) is 0.0265. The Morgan fingerprint density at radius 1 is 0.500 bits per heavy atom. The third kappa shape index (κ3) is 27.4. The van der Waals surface area contributed by atoms with Gasteiger partial charge in [-0.05, 0) is 83.3 Å². The summed E-state index contributed by atoms with van der Waals surface area (Å²) in [5.41, 5.74) is 0.469. The van der Waals surface area contributed by atoms with E-state index < -0.39 is 35.7 Å². The van der Waals surface area contributed by atoms with Gasteiger partial charge in [-0.25, -0.2) is 0 Å². The first-order valence-corrected chi connectivity index (χ1v) is 18.4. The topological polar surface area (TPSA) is 265 Å². The normalized spacial score (nSPS) is 11.4. The summed E-state index contributed by atoms with van der Waals surface area (Å²) in [6.07, 6.45) is -1.06. The fourth-order valence-electron chi connectivity index (χ4n) is 5.82. The number of fused-ring (bicyclic) bond motifs is 2. The number of hydrogen-bond acceptors (Lipinski definition) is 14. The largest absolute Gasteiger partial charge is 1.00 e. The van der Waals surface area contributed by atoms with Crippen molar-refractivity contribution in [3.8, 4) is 0 Å². The molecule has 60 heavy (non-hydrogen) atoms. The molecule has 0 saturated heterocycles. The Balaban J connectivity index is 0. The number of carboxylic acid groups (broad SMARTS) is 4. The molecule has 1 amide bonds. The van der Waals surface area contributed by atoms with Crippen LogP contribution < -0.4 is 231 Å². The Morgan fingerprint density at radius 2 is 0.900 bits per heavy atom. The zero-order valence-electron chi connectivity index (χ0n) is 35.2. The molecule has 0 atom stereocenters. The molecule has 3 N–H and O–H groups in total. The summed E-state index contributed by atoms with van der Waals surface area (Å²) in [6, 6.07) is 17.5. The molecule has 3 aromatic rings. The van der Waals surface area contributed by atoms with Crippen LogP contribution in [0.15, 0.2) is 64.6 Å². The van der Waals surface area contributed by atoms with E-state index in [1.165, 1.54) is 0 Å². The van der Waals surface area contributed by atoms with E-state index in [9.17, 15) is 44.4 Å². The van der Waals surface area contributed by atoms with Crippen molar-refractivity contribution in [3.05, 3.63) is 60.2 Å². The standard InChI is InChI=1S/C39H52N6O11.4K/c46-33(40-13-22-44(18-9-35(48)49)19-10-36(50)51)7-16-43(17-8-34(47)41-14-23-45(20-11-37(52)53)21-12-38(54)55)24-15-42-39(56)31-6-5-30-25-28-3-1-2-4-29(28)26-32(30)27-31;;;;/h1-6,25-27H,7-24H2,(H,40,46)(H,41,47)(H,42,56)(H,48,49)(H,50,51)(H,52,53)(H,54,55);;;;/q;4*+1/p-4. The molecular weight excluding hydrogens is 885 g/mol. The van der Waals surface area contributed by atoms with E-state index in [4.69, 9.17) is 10.2 Å². The van der Waals surface area contributed by atoms with E-state index in [0.29, 0.717) is 5.56 Å². The molecule has 0 aliphatic rings. The molecule has 0 saturated carbocycles. The number of carbonyl (C=O) groups is 5. The van der Waals surface area contributed by atoms with Gasteiger partial charge in [0.05, 0.1) is 25.9 Å². The van der Waals surface area contributed by atoms with Crippen LogP contribution in [-0.2, 0) is 19.2 Å². The summed E-state index contributed by atoms with van der Waals surface area (Å²) < 4.78 is 0. The third-order valence-corrected chi connectivity index (χ3v) is 8.92. The summed E-state index contributed by atoms with van der Waals surface area (Å²) in [5.74, 6) is -5.84. The van der Waals surface area contributed by atoms with Gasteiger partial charge in [-0.1, -0.05) is 30.3 Å². The predicted octanol–water partition coefficient (Wildman–Crippen LogP) is -13.8. The van der Waals surface area contributed by atoms with E-state index in [1.54, 1.807) is 15.9 Å². The van der Waals surface area contributed by atoms with Crippen molar-refractivity contribution >= 4 is 63.1 Å². The van der Waals surface area contributed by atoms with Crippen LogP contribution in [-0.4, -0.2) is 145 Å². The summed E-state index contributed by atoms with van der Waals surface area (Å²) >= 11 is 0. The van der Waals surface area contributed by atoms with Gasteiger partial charge in [0.15, 0.2) is 0 Å². The molecule has 304 valence electrons. The average molecular weight is 933 g/mol. The molecule has 3 aromatic carbocycles. The van der Waals surface area contributed by atoms with E-state index >= 15 is 0 Å². The number of rotatable bonds is 28. The van der Waals surface area contributed by atoms with Crippen molar-refractivity contribution < 1.29 is 260 Å². The number of amides is 1. The van der Waals surface area contributed by atoms with Crippen molar-refractivity contribution in [1.29, 1.82) is 0 Å². The Hall–Kier alpha value is 0.895. The Morgan fingerprint density at radius 3 is 1.35 bits per heavy atom. The van der Waals surface area contributed by atoms with Gasteiger partial charge in [-0.3, -0.25) is 14.4 Å². The van der Waals surface area contributed by atoms with Crippen LogP contribution in [0.5, 0.6) is 0 Å². The summed E-state index contributed by atoms with van der Waals surface area (Å²) in [6.45, 7) is 1.50. The van der Waals surface area contributed by atoms with Crippen LogP contribution in [0.25, 0.3) is 21.5 Å². The van der Waals surface area contributed by atoms with E-state index in [0.717, 1.165) is 21.5 Å². The molecule has 3 rings (SSSR count). The van der Waals surface area contributed by atoms with Gasteiger partial charge in [-0.15, -0.1) is 0 Å². The average Bonchev–Trinajstić information content (AvgIpc) is 3.15. The zero-order valence-corrected chi connectivity index (χ0v) is 47.7. The summed E-state index contributed by atoms with van der Waals surface area (Å²) in [7, 11) is 0. The van der Waals surface area contributed by atoms with Gasteiger partial charge in [0.25, 0.3) is 5.91 Å². The maximum atomic E-state index is 13.1. The predicted molar refractivity (Wildman–Crippen MR) is 201 cm³/mol. The van der Waals surface area contributed by atoms with E-state index in [-0.39, 0.29) is 329 Å². The van der Waals surface area contributed by atoms with Crippen LogP contribution in [0.2, 0.25) is 0 Å². The number of benzene rings is 3. The fraction of sp³-hybridized carbons (Fsp3) is 0.462. The summed E-state index contributed by atoms with van der Waals surface area (Å²) in [5, 5.41) is 72.1. The molecule has 0 aromatic heterocycles. The fourth-order valence-corrected chi connectivity index (χ4v) is 5.82. The van der Waals surface area contributed by atoms with Crippen molar-refractivity contribution in [2.75, 3.05) is 78.5 Å². The van der Waals surface area contributed by atoms with E-state index in [1.807, 2.05) is 47.4 Å². The number of hydrogen-bond donors (Lipinski definition) is 3. The second-order valence-corrected chi connectivity index (χ2v) is 13.1. The molecule has 0 radical (unpaired) electrons. The van der Waals surface area contributed by atoms with Gasteiger partial charge in [-0.2, -0.15) is 0 Å². The second kappa shape index (κ2) is 36.1. The van der Waals surface area contributed by atoms with Gasteiger partial charge in [0.2, 0.25) is 0 Å². The number of nitrogens with one attached hydrogen (secondary N) is 1. The SMILES string of the molecule is O=C([O-])CCN(CCN=C([O-])CCN(CCNC(=O)c1ccc2cc3ccccc3cc2c1)CCC([O-])=NCCN(CCC(=O)O)CCC(=O)O)CCC(=O)[O-].[K+].[K+].[K+].[K+]. The van der Waals surface area contributed by atoms with E-state index in [2.05, 4.69) is 21.4 Å². The Bertz CT molecular complexity index is 1770. The number of aliphatic carboxylic acids is 4. The van der Waals surface area contributed by atoms with Crippen molar-refractivity contribution in [2.45, 2.75) is 38.5 Å². The third-order valence-electron chi connectivity index (χ3n) is 8.92. The smallest absolute Gasteiger partial charge is 0.862 e. The maximum Gasteiger partial charge on any atom is 1.00 e. The minimum Gasteiger partial charge on any atom is -0.862 e. The van der Waals surface area contributed by atoms with Crippen molar-refractivity contribution in [3.63, 3.8) is 0 Å². The van der Waals surface area contributed by atoms with Gasteiger partial charge >= 0.3 is 217 Å². The molecule has 0 fully saturated rings. The number of carboxylic acids is 4. The molecular formula is C39H48K4N6O11. The molecule has 0 aliphatic heterocycles. The number of nitrogens with zero attached hydrogens (tertiary/aromatic N) is 5. The molecule has 0 aliphatic carbocycles. The minimum absolute atomic E-state index is 0. The van der Waals surface area contributed by atoms with Crippen LogP contribution >= 0.6 is 0 Å².